The smallest absolute Gasteiger partial charge is 0.159 e. The molecule has 0 atom stereocenters. The fraction of sp³-hybridized carbons (Fsp3) is 0.0833. The second-order valence-corrected chi connectivity index (χ2v) is 7.04. The Kier molecular flexibility index (Phi) is 6.03. The van der Waals surface area contributed by atoms with Gasteiger partial charge in [-0.05, 0) is 23.3 Å². The fourth-order valence-corrected chi connectivity index (χ4v) is 3.27. The van der Waals surface area contributed by atoms with Crippen molar-refractivity contribution in [3.05, 3.63) is 108 Å². The van der Waals surface area contributed by atoms with Crippen LogP contribution >= 0.6 is 0 Å². The van der Waals surface area contributed by atoms with Gasteiger partial charge in [0.15, 0.2) is 11.6 Å². The highest BCUT2D eigenvalue weighted by Gasteiger charge is 2.17. The maximum absolute atomic E-state index is 14.1. The Morgan fingerprint density at radius 2 is 1.42 bits per heavy atom. The van der Waals surface area contributed by atoms with E-state index < -0.39 is 11.6 Å². The Balaban J connectivity index is 1.68. The number of anilines is 4. The van der Waals surface area contributed by atoms with Crippen LogP contribution in [0.25, 0.3) is 0 Å². The number of benzene rings is 3. The highest BCUT2D eigenvalue weighted by atomic mass is 19.1. The van der Waals surface area contributed by atoms with E-state index in [0.717, 1.165) is 29.3 Å². The third-order valence-electron chi connectivity index (χ3n) is 4.78. The summed E-state index contributed by atoms with van der Waals surface area (Å²) in [5.74, 6) is -0.458. The first-order valence-electron chi connectivity index (χ1n) is 9.75. The van der Waals surface area contributed by atoms with Crippen LogP contribution in [0.3, 0.4) is 0 Å². The maximum atomic E-state index is 14.1. The van der Waals surface area contributed by atoms with Crippen LogP contribution in [-0.4, -0.2) is 9.97 Å². The molecule has 0 fully saturated rings. The first kappa shape index (κ1) is 20.3. The van der Waals surface area contributed by atoms with Gasteiger partial charge < -0.3 is 16.0 Å². The molecular formula is C24H21F2N5. The molecule has 0 amide bonds. The number of hydrogen-bond donors (Lipinski definition) is 2. The fourth-order valence-electron chi connectivity index (χ4n) is 3.27. The van der Waals surface area contributed by atoms with Crippen LogP contribution < -0.4 is 16.0 Å². The van der Waals surface area contributed by atoms with Gasteiger partial charge in [0.05, 0.1) is 5.69 Å². The van der Waals surface area contributed by atoms with E-state index in [4.69, 9.17) is 5.73 Å². The van der Waals surface area contributed by atoms with E-state index in [0.29, 0.717) is 18.9 Å². The summed E-state index contributed by atoms with van der Waals surface area (Å²) in [7, 11) is 0. The molecule has 0 saturated heterocycles. The zero-order chi connectivity index (χ0) is 21.6. The minimum atomic E-state index is -0.605. The summed E-state index contributed by atoms with van der Waals surface area (Å²) in [4.78, 5) is 10.6. The van der Waals surface area contributed by atoms with Crippen LogP contribution in [0.5, 0.6) is 0 Å². The summed E-state index contributed by atoms with van der Waals surface area (Å²) in [6.07, 6.45) is 1.36. The highest BCUT2D eigenvalue weighted by Crippen LogP contribution is 2.31. The van der Waals surface area contributed by atoms with Crippen molar-refractivity contribution in [1.82, 2.24) is 9.97 Å². The van der Waals surface area contributed by atoms with E-state index in [1.54, 1.807) is 0 Å². The second-order valence-electron chi connectivity index (χ2n) is 7.04. The Bertz CT molecular complexity index is 1110. The Hall–Kier alpha value is -4.00. The maximum Gasteiger partial charge on any atom is 0.159 e. The van der Waals surface area contributed by atoms with Crippen molar-refractivity contribution < 1.29 is 8.78 Å². The Labute approximate surface area is 179 Å². The first-order valence-corrected chi connectivity index (χ1v) is 9.75. The molecule has 5 nitrogen and oxygen atoms in total. The molecule has 0 aliphatic carbocycles. The van der Waals surface area contributed by atoms with Gasteiger partial charge in [-0.15, -0.1) is 0 Å². The van der Waals surface area contributed by atoms with Crippen molar-refractivity contribution in [1.29, 1.82) is 0 Å². The summed E-state index contributed by atoms with van der Waals surface area (Å²) in [5.41, 5.74) is 8.75. The Morgan fingerprint density at radius 1 is 0.806 bits per heavy atom. The quantitative estimate of drug-likeness (QED) is 0.428. The number of halogens is 2. The van der Waals surface area contributed by atoms with Crippen molar-refractivity contribution in [2.75, 3.05) is 16.0 Å². The van der Waals surface area contributed by atoms with Crippen molar-refractivity contribution >= 4 is 23.0 Å². The van der Waals surface area contributed by atoms with Crippen molar-refractivity contribution in [2.45, 2.75) is 13.1 Å². The molecule has 4 rings (SSSR count). The van der Waals surface area contributed by atoms with Crippen LogP contribution in [0.1, 0.15) is 11.1 Å². The van der Waals surface area contributed by atoms with Gasteiger partial charge in [-0.3, -0.25) is 0 Å². The molecule has 1 heterocycles. The van der Waals surface area contributed by atoms with Crippen molar-refractivity contribution in [3.63, 3.8) is 0 Å². The molecule has 31 heavy (non-hydrogen) atoms. The summed E-state index contributed by atoms with van der Waals surface area (Å²) in [6.45, 7) is 1.12. The van der Waals surface area contributed by atoms with Gasteiger partial charge in [0.2, 0.25) is 0 Å². The van der Waals surface area contributed by atoms with E-state index in [2.05, 4.69) is 15.3 Å². The molecule has 156 valence electrons. The molecule has 7 heteroatoms. The number of rotatable bonds is 7. The van der Waals surface area contributed by atoms with Gasteiger partial charge in [0.1, 0.15) is 23.6 Å². The van der Waals surface area contributed by atoms with Crippen LogP contribution in [0, 0.1) is 11.6 Å². The van der Waals surface area contributed by atoms with Gasteiger partial charge >= 0.3 is 0 Å². The summed E-state index contributed by atoms with van der Waals surface area (Å²) >= 11 is 0. The zero-order valence-corrected chi connectivity index (χ0v) is 16.7. The Morgan fingerprint density at radius 3 is 2.03 bits per heavy atom. The lowest BCUT2D eigenvalue weighted by Gasteiger charge is -2.26. The average molecular weight is 417 g/mol. The van der Waals surface area contributed by atoms with Gasteiger partial charge in [-0.2, -0.15) is 0 Å². The summed E-state index contributed by atoms with van der Waals surface area (Å²) < 4.78 is 27.7. The molecule has 1 aromatic heterocycles. The lowest BCUT2D eigenvalue weighted by atomic mass is 10.1. The molecular weight excluding hydrogens is 396 g/mol. The molecule has 0 aliphatic rings. The lowest BCUT2D eigenvalue weighted by Crippen LogP contribution is -2.24. The average Bonchev–Trinajstić information content (AvgIpc) is 2.79. The van der Waals surface area contributed by atoms with E-state index >= 15 is 0 Å². The van der Waals surface area contributed by atoms with E-state index in [-0.39, 0.29) is 17.2 Å². The zero-order valence-electron chi connectivity index (χ0n) is 16.7. The van der Waals surface area contributed by atoms with Gasteiger partial charge in [0, 0.05) is 19.2 Å². The van der Waals surface area contributed by atoms with E-state index in [1.165, 1.54) is 6.33 Å². The molecule has 3 aromatic carbocycles. The van der Waals surface area contributed by atoms with E-state index in [1.807, 2.05) is 65.6 Å². The largest absolute Gasteiger partial charge is 0.393 e. The number of nitrogens with one attached hydrogen (secondary N) is 1. The van der Waals surface area contributed by atoms with Crippen LogP contribution in [0.4, 0.5) is 31.8 Å². The van der Waals surface area contributed by atoms with Crippen LogP contribution in [0.2, 0.25) is 0 Å². The third kappa shape index (κ3) is 4.95. The molecule has 0 aliphatic heterocycles. The van der Waals surface area contributed by atoms with Gasteiger partial charge in [-0.25, -0.2) is 18.7 Å². The van der Waals surface area contributed by atoms with Crippen LogP contribution in [-0.2, 0) is 13.1 Å². The first-order chi connectivity index (χ1) is 15.1. The normalized spacial score (nSPS) is 10.6. The summed E-state index contributed by atoms with van der Waals surface area (Å²) in [5, 5.41) is 2.79. The SMILES string of the molecule is Nc1c(Nc2cc(F)ccc2F)ncnc1N(Cc1ccccc1)Cc1ccccc1. The number of nitrogen functional groups attached to an aromatic ring is 1. The highest BCUT2D eigenvalue weighted by molar-refractivity contribution is 5.78. The van der Waals surface area contributed by atoms with Crippen molar-refractivity contribution in [3.8, 4) is 0 Å². The lowest BCUT2D eigenvalue weighted by molar-refractivity contribution is 0.603. The summed E-state index contributed by atoms with van der Waals surface area (Å²) in [6, 6.07) is 23.1. The number of nitrogens with zero attached hydrogens (tertiary/aromatic N) is 3. The van der Waals surface area contributed by atoms with Crippen molar-refractivity contribution in [2.24, 2.45) is 0 Å². The predicted octanol–water partition coefficient (Wildman–Crippen LogP) is 5.29. The number of aromatic nitrogens is 2. The number of nitrogens with two attached hydrogens (primary N) is 1. The topological polar surface area (TPSA) is 67.1 Å². The minimum Gasteiger partial charge on any atom is -0.393 e. The predicted molar refractivity (Wildman–Crippen MR) is 119 cm³/mol. The monoisotopic (exact) mass is 417 g/mol. The molecule has 4 aromatic rings. The number of hydrogen-bond acceptors (Lipinski definition) is 5. The molecule has 0 radical (unpaired) electrons. The van der Waals surface area contributed by atoms with Gasteiger partial charge in [-0.1, -0.05) is 60.7 Å². The van der Waals surface area contributed by atoms with E-state index in [9.17, 15) is 8.78 Å². The molecule has 0 bridgehead atoms. The standard InChI is InChI=1S/C24H21F2N5/c25-19-11-12-20(26)21(13-19)30-23-22(27)24(29-16-28-23)31(14-17-7-3-1-4-8-17)15-18-9-5-2-6-10-18/h1-13,16H,14-15,27H2,(H,28,29,30). The van der Waals surface area contributed by atoms with Gasteiger partial charge in [0.25, 0.3) is 0 Å². The minimum absolute atomic E-state index is 0.0472. The molecule has 0 spiro atoms. The molecule has 0 unspecified atom stereocenters. The molecule has 3 N–H and O–H groups in total. The molecule has 0 saturated carbocycles. The second kappa shape index (κ2) is 9.21. The third-order valence-corrected chi connectivity index (χ3v) is 4.78. The van der Waals surface area contributed by atoms with Crippen LogP contribution in [0.15, 0.2) is 85.2 Å².